The van der Waals surface area contributed by atoms with Gasteiger partial charge in [0.25, 0.3) is 0 Å². The molecule has 0 aliphatic rings. The monoisotopic (exact) mass is 326 g/mol. The largest absolute Gasteiger partial charge is 0.380 e. The number of halogens is 2. The van der Waals surface area contributed by atoms with E-state index >= 15 is 0 Å². The minimum atomic E-state index is -0.297. The Hall–Kier alpha value is -1.20. The van der Waals surface area contributed by atoms with Crippen molar-refractivity contribution in [3.8, 4) is 0 Å². The second-order valence-corrected chi connectivity index (χ2v) is 5.10. The first-order chi connectivity index (χ1) is 9.11. The van der Waals surface area contributed by atoms with Gasteiger partial charge in [0.05, 0.1) is 16.6 Å². The van der Waals surface area contributed by atoms with E-state index < -0.39 is 0 Å². The molecule has 0 aliphatic carbocycles. The number of rotatable bonds is 5. The molecule has 0 aliphatic heterocycles. The Bertz CT molecular complexity index is 577. The third-order valence-electron chi connectivity index (χ3n) is 2.88. The van der Waals surface area contributed by atoms with E-state index in [9.17, 15) is 4.39 Å². The first-order valence-corrected chi connectivity index (χ1v) is 6.96. The van der Waals surface area contributed by atoms with Crippen LogP contribution in [0, 0.1) is 5.82 Å². The maximum atomic E-state index is 13.5. The van der Waals surface area contributed by atoms with Gasteiger partial charge in [-0.3, -0.25) is 0 Å². The summed E-state index contributed by atoms with van der Waals surface area (Å²) in [7, 11) is 1.95. The van der Waals surface area contributed by atoms with Crippen LogP contribution in [-0.4, -0.2) is 31.8 Å². The highest BCUT2D eigenvalue weighted by Crippen LogP contribution is 2.24. The lowest BCUT2D eigenvalue weighted by molar-refractivity contribution is 0.154. The van der Waals surface area contributed by atoms with Crippen molar-refractivity contribution in [3.63, 3.8) is 0 Å². The fraction of sp³-hybridized carbons (Fsp3) is 0.357. The van der Waals surface area contributed by atoms with E-state index in [1.54, 1.807) is 6.07 Å². The third kappa shape index (κ3) is 3.42. The number of pyridine rings is 1. The minimum Gasteiger partial charge on any atom is -0.380 e. The van der Waals surface area contributed by atoms with Gasteiger partial charge in [-0.15, -0.1) is 0 Å². The predicted octanol–water partition coefficient (Wildman–Crippen LogP) is 3.61. The zero-order valence-corrected chi connectivity index (χ0v) is 12.6. The molecule has 0 radical (unpaired) electrons. The Labute approximate surface area is 120 Å². The summed E-state index contributed by atoms with van der Waals surface area (Å²) < 4.78 is 19.3. The molecule has 1 aromatic carbocycles. The molecule has 0 saturated heterocycles. The highest BCUT2D eigenvalue weighted by Gasteiger charge is 2.07. The maximum Gasteiger partial charge on any atom is 0.139 e. The summed E-state index contributed by atoms with van der Waals surface area (Å²) in [6, 6.07) is 7.05. The third-order valence-corrected chi connectivity index (χ3v) is 3.49. The number of nitrogens with zero attached hydrogens (tertiary/aromatic N) is 2. The predicted molar refractivity (Wildman–Crippen MR) is 79.2 cm³/mol. The van der Waals surface area contributed by atoms with E-state index in [2.05, 4.69) is 20.9 Å². The van der Waals surface area contributed by atoms with Gasteiger partial charge in [0.2, 0.25) is 0 Å². The fourth-order valence-electron chi connectivity index (χ4n) is 1.78. The highest BCUT2D eigenvalue weighted by atomic mass is 79.9. The zero-order valence-electron chi connectivity index (χ0n) is 11.0. The summed E-state index contributed by atoms with van der Waals surface area (Å²) in [6.07, 6.45) is 0. The number of anilines is 1. The van der Waals surface area contributed by atoms with Crippen LogP contribution in [0.2, 0.25) is 0 Å². The molecule has 0 fully saturated rings. The van der Waals surface area contributed by atoms with Crippen molar-refractivity contribution >= 4 is 32.7 Å². The van der Waals surface area contributed by atoms with Crippen LogP contribution in [0.4, 0.5) is 10.2 Å². The lowest BCUT2D eigenvalue weighted by Crippen LogP contribution is -2.23. The number of benzene rings is 1. The van der Waals surface area contributed by atoms with Crippen molar-refractivity contribution in [2.45, 2.75) is 6.92 Å². The Morgan fingerprint density at radius 2 is 2.16 bits per heavy atom. The molecule has 0 N–H and O–H groups in total. The molecule has 0 spiro atoms. The molecule has 0 saturated carbocycles. The van der Waals surface area contributed by atoms with E-state index in [1.165, 1.54) is 6.07 Å². The summed E-state index contributed by atoms with van der Waals surface area (Å²) in [5.74, 6) is 0.517. The molecule has 102 valence electrons. The van der Waals surface area contributed by atoms with Crippen LogP contribution < -0.4 is 4.90 Å². The van der Waals surface area contributed by atoms with Crippen LogP contribution in [0.1, 0.15) is 6.92 Å². The lowest BCUT2D eigenvalue weighted by atomic mass is 10.2. The number of hydrogen-bond donors (Lipinski definition) is 0. The zero-order chi connectivity index (χ0) is 13.8. The molecular weight excluding hydrogens is 311 g/mol. The van der Waals surface area contributed by atoms with Crippen LogP contribution in [0.25, 0.3) is 10.9 Å². The Morgan fingerprint density at radius 3 is 2.89 bits per heavy atom. The molecule has 5 heteroatoms. The summed E-state index contributed by atoms with van der Waals surface area (Å²) in [4.78, 5) is 6.46. The summed E-state index contributed by atoms with van der Waals surface area (Å²) in [5, 5.41) is 0.912. The van der Waals surface area contributed by atoms with Crippen molar-refractivity contribution in [1.29, 1.82) is 0 Å². The first kappa shape index (κ1) is 14.2. The standard InChI is InChI=1S/C14H16BrFN2O/c1-3-19-7-6-18(2)14-5-4-10-8-11(15)12(16)9-13(10)17-14/h4-5,8-9H,3,6-7H2,1-2H3. The second-order valence-electron chi connectivity index (χ2n) is 4.25. The molecular formula is C14H16BrFN2O. The molecule has 0 atom stereocenters. The number of fused-ring (bicyclic) bond motifs is 1. The van der Waals surface area contributed by atoms with Crippen molar-refractivity contribution in [3.05, 3.63) is 34.6 Å². The molecule has 2 rings (SSSR count). The van der Waals surface area contributed by atoms with Gasteiger partial charge >= 0.3 is 0 Å². The van der Waals surface area contributed by atoms with Crippen LogP contribution >= 0.6 is 15.9 Å². The van der Waals surface area contributed by atoms with Gasteiger partial charge in [-0.25, -0.2) is 9.37 Å². The van der Waals surface area contributed by atoms with E-state index in [-0.39, 0.29) is 5.82 Å². The van der Waals surface area contributed by atoms with Crippen molar-refractivity contribution in [2.24, 2.45) is 0 Å². The van der Waals surface area contributed by atoms with Crippen LogP contribution in [0.5, 0.6) is 0 Å². The Balaban J connectivity index is 2.23. The summed E-state index contributed by atoms with van der Waals surface area (Å²) >= 11 is 3.18. The average Bonchev–Trinajstić information content (AvgIpc) is 2.40. The normalized spacial score (nSPS) is 10.9. The smallest absolute Gasteiger partial charge is 0.139 e. The van der Waals surface area contributed by atoms with Crippen molar-refractivity contribution < 1.29 is 9.13 Å². The number of hydrogen-bond acceptors (Lipinski definition) is 3. The van der Waals surface area contributed by atoms with Gasteiger partial charge in [0.1, 0.15) is 11.6 Å². The molecule has 2 aromatic rings. The highest BCUT2D eigenvalue weighted by molar-refractivity contribution is 9.10. The maximum absolute atomic E-state index is 13.5. The van der Waals surface area contributed by atoms with Gasteiger partial charge in [-0.05, 0) is 41.1 Å². The minimum absolute atomic E-state index is 0.297. The van der Waals surface area contributed by atoms with Gasteiger partial charge in [0.15, 0.2) is 0 Å². The molecule has 1 aromatic heterocycles. The number of aromatic nitrogens is 1. The number of likely N-dealkylation sites (N-methyl/N-ethyl adjacent to an activating group) is 1. The van der Waals surface area contributed by atoms with Gasteiger partial charge in [0, 0.05) is 31.7 Å². The molecule has 3 nitrogen and oxygen atoms in total. The summed E-state index contributed by atoms with van der Waals surface area (Å²) in [6.45, 7) is 4.08. The first-order valence-electron chi connectivity index (χ1n) is 6.16. The van der Waals surface area contributed by atoms with Crippen LogP contribution in [-0.2, 0) is 4.74 Å². The lowest BCUT2D eigenvalue weighted by Gasteiger charge is -2.18. The summed E-state index contributed by atoms with van der Waals surface area (Å²) in [5.41, 5.74) is 0.654. The quantitative estimate of drug-likeness (QED) is 0.785. The molecule has 0 bridgehead atoms. The van der Waals surface area contributed by atoms with Gasteiger partial charge in [-0.2, -0.15) is 0 Å². The SMILES string of the molecule is CCOCCN(C)c1ccc2cc(Br)c(F)cc2n1. The molecule has 0 unspecified atom stereocenters. The van der Waals surface area contributed by atoms with E-state index in [0.717, 1.165) is 17.7 Å². The Morgan fingerprint density at radius 1 is 1.37 bits per heavy atom. The van der Waals surface area contributed by atoms with E-state index in [0.29, 0.717) is 23.2 Å². The van der Waals surface area contributed by atoms with Crippen molar-refractivity contribution in [1.82, 2.24) is 4.98 Å². The number of ether oxygens (including phenoxy) is 1. The van der Waals surface area contributed by atoms with Gasteiger partial charge < -0.3 is 9.64 Å². The van der Waals surface area contributed by atoms with Gasteiger partial charge in [-0.1, -0.05) is 0 Å². The van der Waals surface area contributed by atoms with Crippen LogP contribution in [0.3, 0.4) is 0 Å². The fourth-order valence-corrected chi connectivity index (χ4v) is 2.14. The Kier molecular flexibility index (Phi) is 4.71. The van der Waals surface area contributed by atoms with E-state index in [4.69, 9.17) is 4.74 Å². The molecule has 0 amide bonds. The molecule has 1 heterocycles. The molecule has 19 heavy (non-hydrogen) atoms. The van der Waals surface area contributed by atoms with E-state index in [1.807, 2.05) is 31.0 Å². The second kappa shape index (κ2) is 6.30. The van der Waals surface area contributed by atoms with Crippen LogP contribution in [0.15, 0.2) is 28.7 Å². The topological polar surface area (TPSA) is 25.4 Å². The van der Waals surface area contributed by atoms with Crippen molar-refractivity contribution in [2.75, 3.05) is 31.7 Å². The average molecular weight is 327 g/mol.